The standard InChI is InChI=1S/C22H17N3O6S/c1-30-14-8-6-13(7-9-14)17-12-32-22(23-17)24-18(26)11-31-19(27)10-25-20(28)15-4-2-3-5-16(15)21(25)29/h2-9,12H,10-11H2,1H3,(H,23,24,26). The number of aromatic nitrogens is 1. The van der Waals surface area contributed by atoms with Crippen LogP contribution in [0.5, 0.6) is 5.75 Å². The predicted octanol–water partition coefficient (Wildman–Crippen LogP) is 2.60. The van der Waals surface area contributed by atoms with E-state index < -0.39 is 36.8 Å². The lowest BCUT2D eigenvalue weighted by atomic mass is 10.1. The number of methoxy groups -OCH3 is 1. The highest BCUT2D eigenvalue weighted by Crippen LogP contribution is 2.26. The van der Waals surface area contributed by atoms with E-state index in [9.17, 15) is 19.2 Å². The number of hydrogen-bond acceptors (Lipinski definition) is 8. The first kappa shape index (κ1) is 21.2. The van der Waals surface area contributed by atoms with Crippen LogP contribution < -0.4 is 10.1 Å². The van der Waals surface area contributed by atoms with Crippen LogP contribution in [0.15, 0.2) is 53.9 Å². The number of imide groups is 1. The van der Waals surface area contributed by atoms with Gasteiger partial charge in [-0.3, -0.25) is 29.4 Å². The van der Waals surface area contributed by atoms with Crippen molar-refractivity contribution in [2.75, 3.05) is 25.6 Å². The SMILES string of the molecule is COc1ccc(-c2csc(NC(=O)COC(=O)CN3C(=O)c4ccccc4C3=O)n2)cc1. The Morgan fingerprint density at radius 1 is 1.03 bits per heavy atom. The summed E-state index contributed by atoms with van der Waals surface area (Å²) in [6.45, 7) is -1.14. The molecule has 0 saturated carbocycles. The lowest BCUT2D eigenvalue weighted by molar-refractivity contribution is -0.147. The topological polar surface area (TPSA) is 115 Å². The van der Waals surface area contributed by atoms with E-state index in [4.69, 9.17) is 9.47 Å². The van der Waals surface area contributed by atoms with Gasteiger partial charge in [0.1, 0.15) is 12.3 Å². The zero-order valence-corrected chi connectivity index (χ0v) is 17.7. The molecule has 0 unspecified atom stereocenters. The zero-order chi connectivity index (χ0) is 22.7. The van der Waals surface area contributed by atoms with Crippen molar-refractivity contribution in [1.82, 2.24) is 9.88 Å². The van der Waals surface area contributed by atoms with Gasteiger partial charge in [0.2, 0.25) is 0 Å². The molecule has 32 heavy (non-hydrogen) atoms. The maximum absolute atomic E-state index is 12.3. The number of fused-ring (bicyclic) bond motifs is 1. The average Bonchev–Trinajstić information content (AvgIpc) is 3.37. The van der Waals surface area contributed by atoms with Crippen LogP contribution in [-0.2, 0) is 14.3 Å². The Kier molecular flexibility index (Phi) is 5.95. The molecule has 2 heterocycles. The maximum Gasteiger partial charge on any atom is 0.326 e. The highest BCUT2D eigenvalue weighted by atomic mass is 32.1. The molecule has 0 fully saturated rings. The average molecular weight is 451 g/mol. The minimum absolute atomic E-state index is 0.236. The Bertz CT molecular complexity index is 1170. The second-order valence-electron chi connectivity index (χ2n) is 6.72. The third-order valence-electron chi connectivity index (χ3n) is 4.67. The van der Waals surface area contributed by atoms with Crippen molar-refractivity contribution in [3.63, 3.8) is 0 Å². The number of nitrogens with zero attached hydrogens (tertiary/aromatic N) is 2. The molecule has 1 aliphatic heterocycles. The number of carbonyl (C=O) groups excluding carboxylic acids is 4. The molecule has 1 aliphatic rings. The third-order valence-corrected chi connectivity index (χ3v) is 5.42. The van der Waals surface area contributed by atoms with Crippen LogP contribution >= 0.6 is 11.3 Å². The molecular formula is C22H17N3O6S. The van der Waals surface area contributed by atoms with Crippen LogP contribution in [0.4, 0.5) is 5.13 Å². The van der Waals surface area contributed by atoms with Gasteiger partial charge in [0.25, 0.3) is 17.7 Å². The number of amides is 3. The number of carbonyl (C=O) groups is 4. The van der Waals surface area contributed by atoms with Gasteiger partial charge in [-0.25, -0.2) is 4.98 Å². The number of nitrogens with one attached hydrogen (secondary N) is 1. The summed E-state index contributed by atoms with van der Waals surface area (Å²) in [5.74, 6) is -1.87. The van der Waals surface area contributed by atoms with Crippen LogP contribution in [0, 0.1) is 0 Å². The molecule has 1 N–H and O–H groups in total. The molecule has 1 aromatic heterocycles. The summed E-state index contributed by atoms with van der Waals surface area (Å²) in [5, 5.41) is 4.68. The molecule has 2 aromatic carbocycles. The van der Waals surface area contributed by atoms with Gasteiger partial charge in [-0.15, -0.1) is 11.3 Å². The molecule has 0 radical (unpaired) electrons. The molecule has 162 valence electrons. The molecule has 3 amide bonds. The van der Waals surface area contributed by atoms with Crippen molar-refractivity contribution in [2.45, 2.75) is 0 Å². The summed E-state index contributed by atoms with van der Waals surface area (Å²) in [7, 11) is 1.58. The summed E-state index contributed by atoms with van der Waals surface area (Å²) in [5.41, 5.74) is 2.00. The molecule has 4 rings (SSSR count). The van der Waals surface area contributed by atoms with Gasteiger partial charge in [-0.05, 0) is 36.4 Å². The summed E-state index contributed by atoms with van der Waals surface area (Å²) in [6, 6.07) is 13.6. The minimum atomic E-state index is -0.868. The number of thiazole rings is 1. The van der Waals surface area contributed by atoms with Gasteiger partial charge in [0, 0.05) is 10.9 Å². The molecule has 0 atom stereocenters. The smallest absolute Gasteiger partial charge is 0.326 e. The monoisotopic (exact) mass is 451 g/mol. The molecule has 0 aliphatic carbocycles. The second-order valence-corrected chi connectivity index (χ2v) is 7.58. The Morgan fingerprint density at radius 3 is 2.31 bits per heavy atom. The fraction of sp³-hybridized carbons (Fsp3) is 0.136. The van der Waals surface area contributed by atoms with E-state index in [1.807, 2.05) is 12.1 Å². The van der Waals surface area contributed by atoms with E-state index in [0.29, 0.717) is 10.8 Å². The van der Waals surface area contributed by atoms with Gasteiger partial charge >= 0.3 is 5.97 Å². The molecule has 3 aromatic rings. The van der Waals surface area contributed by atoms with Crippen molar-refractivity contribution in [3.05, 3.63) is 65.0 Å². The fourth-order valence-electron chi connectivity index (χ4n) is 3.08. The third kappa shape index (κ3) is 4.35. The molecule has 9 nitrogen and oxygen atoms in total. The summed E-state index contributed by atoms with van der Waals surface area (Å²) < 4.78 is 10.0. The number of ether oxygens (including phenoxy) is 2. The zero-order valence-electron chi connectivity index (χ0n) is 16.9. The highest BCUT2D eigenvalue weighted by molar-refractivity contribution is 7.14. The Labute approximate surface area is 186 Å². The van der Waals surface area contributed by atoms with Crippen molar-refractivity contribution < 1.29 is 28.7 Å². The van der Waals surface area contributed by atoms with Crippen LogP contribution in [-0.4, -0.2) is 53.8 Å². The number of rotatable bonds is 7. The minimum Gasteiger partial charge on any atom is -0.497 e. The Hall–Kier alpha value is -4.05. The first-order valence-electron chi connectivity index (χ1n) is 9.47. The molecule has 0 bridgehead atoms. The van der Waals surface area contributed by atoms with E-state index in [2.05, 4.69) is 10.3 Å². The summed E-state index contributed by atoms with van der Waals surface area (Å²) >= 11 is 1.22. The quantitative estimate of drug-likeness (QED) is 0.434. The van der Waals surface area contributed by atoms with E-state index in [0.717, 1.165) is 16.2 Å². The second kappa shape index (κ2) is 8.98. The number of hydrogen-bond donors (Lipinski definition) is 1. The van der Waals surface area contributed by atoms with Crippen molar-refractivity contribution >= 4 is 40.2 Å². The van der Waals surface area contributed by atoms with Gasteiger partial charge in [-0.2, -0.15) is 0 Å². The van der Waals surface area contributed by atoms with Crippen molar-refractivity contribution in [1.29, 1.82) is 0 Å². The van der Waals surface area contributed by atoms with Crippen LogP contribution in [0.2, 0.25) is 0 Å². The summed E-state index contributed by atoms with van der Waals surface area (Å²) in [6.07, 6.45) is 0. The first-order valence-corrected chi connectivity index (χ1v) is 10.3. The lowest BCUT2D eigenvalue weighted by Gasteiger charge is -2.12. The normalized spacial score (nSPS) is 12.5. The highest BCUT2D eigenvalue weighted by Gasteiger charge is 2.36. The number of anilines is 1. The van der Waals surface area contributed by atoms with Gasteiger partial charge in [0.05, 0.1) is 23.9 Å². The molecule has 0 saturated heterocycles. The van der Waals surface area contributed by atoms with Crippen molar-refractivity contribution in [2.24, 2.45) is 0 Å². The van der Waals surface area contributed by atoms with Gasteiger partial charge < -0.3 is 9.47 Å². The number of benzene rings is 2. The van der Waals surface area contributed by atoms with E-state index in [1.165, 1.54) is 23.5 Å². The van der Waals surface area contributed by atoms with Crippen LogP contribution in [0.1, 0.15) is 20.7 Å². The summed E-state index contributed by atoms with van der Waals surface area (Å²) in [4.78, 5) is 53.9. The largest absolute Gasteiger partial charge is 0.497 e. The van der Waals surface area contributed by atoms with Crippen LogP contribution in [0.25, 0.3) is 11.3 Å². The Balaban J connectivity index is 1.28. The first-order chi connectivity index (χ1) is 15.5. The predicted molar refractivity (Wildman–Crippen MR) is 115 cm³/mol. The Morgan fingerprint density at radius 2 is 1.69 bits per heavy atom. The lowest BCUT2D eigenvalue weighted by Crippen LogP contribution is -2.36. The molecule has 10 heteroatoms. The van der Waals surface area contributed by atoms with Crippen molar-refractivity contribution in [3.8, 4) is 17.0 Å². The van der Waals surface area contributed by atoms with Crippen LogP contribution in [0.3, 0.4) is 0 Å². The van der Waals surface area contributed by atoms with E-state index in [1.54, 1.807) is 36.8 Å². The molecule has 0 spiro atoms. The fourth-order valence-corrected chi connectivity index (χ4v) is 3.82. The maximum atomic E-state index is 12.3. The number of esters is 1. The van der Waals surface area contributed by atoms with E-state index >= 15 is 0 Å². The molecular weight excluding hydrogens is 434 g/mol. The van der Waals surface area contributed by atoms with Gasteiger partial charge in [-0.1, -0.05) is 12.1 Å². The van der Waals surface area contributed by atoms with Gasteiger partial charge in [0.15, 0.2) is 11.7 Å². The van der Waals surface area contributed by atoms with E-state index in [-0.39, 0.29) is 11.1 Å².